The molecular formula is C22H34N4O6. The van der Waals surface area contributed by atoms with Crippen LogP contribution in [-0.4, -0.2) is 57.3 Å². The van der Waals surface area contributed by atoms with Crippen molar-refractivity contribution in [3.05, 3.63) is 47.0 Å². The van der Waals surface area contributed by atoms with Crippen molar-refractivity contribution in [2.75, 3.05) is 19.7 Å². The third-order valence-electron chi connectivity index (χ3n) is 4.04. The molecule has 10 nitrogen and oxygen atoms in total. The largest absolute Gasteiger partial charge is 0.493 e. The minimum atomic E-state index is -0.833. The zero-order valence-corrected chi connectivity index (χ0v) is 19.3. The van der Waals surface area contributed by atoms with E-state index in [0.717, 1.165) is 43.0 Å². The van der Waals surface area contributed by atoms with Crippen LogP contribution in [0.3, 0.4) is 0 Å². The van der Waals surface area contributed by atoms with Crippen molar-refractivity contribution in [2.45, 2.75) is 47.6 Å². The summed E-state index contributed by atoms with van der Waals surface area (Å²) >= 11 is 0. The standard InChI is InChI=1S/C18H26N4O2.2C2H4O2/c1-13-5-6-16(11-17(13)24-10-4-7-19)18(23)20-8-9-22-12-21-14(2)15(22)3;2*1-2(3)4/h5-6,11-12H,4,7-10,19H2,1-3H3,(H,20,23);2*1H3,(H,3,4). The Morgan fingerprint density at radius 1 is 1.12 bits per heavy atom. The number of benzene rings is 1. The molecule has 0 radical (unpaired) electrons. The van der Waals surface area contributed by atoms with Crippen molar-refractivity contribution < 1.29 is 29.3 Å². The number of nitrogens with one attached hydrogen (secondary N) is 1. The van der Waals surface area contributed by atoms with Gasteiger partial charge in [0.25, 0.3) is 17.8 Å². The Morgan fingerprint density at radius 2 is 1.72 bits per heavy atom. The second-order valence-corrected chi connectivity index (χ2v) is 6.87. The Balaban J connectivity index is 0.00000104. The Bertz CT molecular complexity index is 859. The molecule has 5 N–H and O–H groups in total. The Hall–Kier alpha value is -3.40. The number of aromatic nitrogens is 2. The first kappa shape index (κ1) is 28.6. The molecule has 1 aromatic heterocycles. The van der Waals surface area contributed by atoms with E-state index in [-0.39, 0.29) is 5.91 Å². The molecule has 0 aliphatic heterocycles. The molecule has 0 aliphatic rings. The number of carbonyl (C=O) groups is 3. The predicted molar refractivity (Wildman–Crippen MR) is 121 cm³/mol. The first-order valence-electron chi connectivity index (χ1n) is 10.1. The smallest absolute Gasteiger partial charge is 0.300 e. The highest BCUT2D eigenvalue weighted by Gasteiger charge is 2.09. The van der Waals surface area contributed by atoms with Gasteiger partial charge in [-0.05, 0) is 51.4 Å². The van der Waals surface area contributed by atoms with Gasteiger partial charge in [-0.15, -0.1) is 0 Å². The maximum absolute atomic E-state index is 12.3. The summed E-state index contributed by atoms with van der Waals surface area (Å²) in [5.41, 5.74) is 9.21. The van der Waals surface area contributed by atoms with E-state index >= 15 is 0 Å². The summed E-state index contributed by atoms with van der Waals surface area (Å²) < 4.78 is 7.72. The molecule has 0 saturated heterocycles. The van der Waals surface area contributed by atoms with Crippen molar-refractivity contribution in [3.8, 4) is 5.75 Å². The zero-order valence-electron chi connectivity index (χ0n) is 19.3. The quantitative estimate of drug-likeness (QED) is 0.446. The number of hydrogen-bond donors (Lipinski definition) is 4. The highest BCUT2D eigenvalue weighted by molar-refractivity contribution is 5.94. The third kappa shape index (κ3) is 12.3. The van der Waals surface area contributed by atoms with Crippen LogP contribution >= 0.6 is 0 Å². The normalized spacial score (nSPS) is 9.56. The lowest BCUT2D eigenvalue weighted by Gasteiger charge is -2.11. The van der Waals surface area contributed by atoms with Crippen LogP contribution in [-0.2, 0) is 16.1 Å². The van der Waals surface area contributed by atoms with Gasteiger partial charge in [-0.3, -0.25) is 14.4 Å². The van der Waals surface area contributed by atoms with Gasteiger partial charge in [-0.1, -0.05) is 6.07 Å². The number of ether oxygens (including phenoxy) is 1. The maximum Gasteiger partial charge on any atom is 0.300 e. The molecule has 32 heavy (non-hydrogen) atoms. The van der Waals surface area contributed by atoms with E-state index in [4.69, 9.17) is 30.3 Å². The Kier molecular flexibility index (Phi) is 13.8. The molecule has 1 aromatic carbocycles. The van der Waals surface area contributed by atoms with Crippen LogP contribution in [0.15, 0.2) is 24.5 Å². The summed E-state index contributed by atoms with van der Waals surface area (Å²) in [6.45, 7) is 10.5. The molecular weight excluding hydrogens is 416 g/mol. The summed E-state index contributed by atoms with van der Waals surface area (Å²) in [6, 6.07) is 5.50. The fourth-order valence-electron chi connectivity index (χ4n) is 2.32. The van der Waals surface area contributed by atoms with Gasteiger partial charge in [-0.2, -0.15) is 0 Å². The first-order chi connectivity index (χ1) is 15.0. The molecule has 0 saturated carbocycles. The van der Waals surface area contributed by atoms with E-state index in [9.17, 15) is 4.79 Å². The Morgan fingerprint density at radius 3 is 2.22 bits per heavy atom. The van der Waals surface area contributed by atoms with Crippen LogP contribution < -0.4 is 15.8 Å². The zero-order chi connectivity index (χ0) is 24.7. The fourth-order valence-corrected chi connectivity index (χ4v) is 2.32. The van der Waals surface area contributed by atoms with Gasteiger partial charge >= 0.3 is 0 Å². The Labute approximate surface area is 188 Å². The van der Waals surface area contributed by atoms with E-state index < -0.39 is 11.9 Å². The SMILES string of the molecule is CC(=O)O.CC(=O)O.Cc1ccc(C(=O)NCCn2cnc(C)c2C)cc1OCCCN. The molecule has 0 bridgehead atoms. The minimum Gasteiger partial charge on any atom is -0.493 e. The highest BCUT2D eigenvalue weighted by Crippen LogP contribution is 2.19. The number of aliphatic carboxylic acids is 2. The number of hydrogen-bond acceptors (Lipinski definition) is 6. The average molecular weight is 451 g/mol. The van der Waals surface area contributed by atoms with E-state index in [1.54, 1.807) is 12.4 Å². The topological polar surface area (TPSA) is 157 Å². The number of amides is 1. The van der Waals surface area contributed by atoms with E-state index in [0.29, 0.717) is 31.8 Å². The van der Waals surface area contributed by atoms with Gasteiger partial charge < -0.3 is 30.6 Å². The van der Waals surface area contributed by atoms with Crippen molar-refractivity contribution in [1.29, 1.82) is 0 Å². The lowest BCUT2D eigenvalue weighted by atomic mass is 10.1. The third-order valence-corrected chi connectivity index (χ3v) is 4.04. The van der Waals surface area contributed by atoms with Crippen LogP contribution in [0.1, 0.15) is 47.6 Å². The van der Waals surface area contributed by atoms with Gasteiger partial charge in [0.15, 0.2) is 0 Å². The van der Waals surface area contributed by atoms with E-state index in [1.165, 1.54) is 0 Å². The monoisotopic (exact) mass is 450 g/mol. The number of imidazole rings is 1. The number of carbonyl (C=O) groups excluding carboxylic acids is 1. The molecule has 2 rings (SSSR count). The lowest BCUT2D eigenvalue weighted by Crippen LogP contribution is -2.27. The van der Waals surface area contributed by atoms with Crippen LogP contribution in [0.2, 0.25) is 0 Å². The summed E-state index contributed by atoms with van der Waals surface area (Å²) in [6.07, 6.45) is 2.59. The van der Waals surface area contributed by atoms with Crippen LogP contribution in [0, 0.1) is 20.8 Å². The first-order valence-corrected chi connectivity index (χ1v) is 10.1. The van der Waals surface area contributed by atoms with Crippen molar-refractivity contribution in [3.63, 3.8) is 0 Å². The maximum atomic E-state index is 12.3. The number of rotatable bonds is 8. The van der Waals surface area contributed by atoms with Gasteiger partial charge in [0.2, 0.25) is 0 Å². The summed E-state index contributed by atoms with van der Waals surface area (Å²) in [4.78, 5) is 34.6. The number of carboxylic acid groups (broad SMARTS) is 2. The van der Waals surface area contributed by atoms with Crippen molar-refractivity contribution in [1.82, 2.24) is 14.9 Å². The second kappa shape index (κ2) is 15.4. The molecule has 1 amide bonds. The molecule has 0 aliphatic carbocycles. The van der Waals surface area contributed by atoms with Gasteiger partial charge in [0.1, 0.15) is 5.75 Å². The molecule has 0 unspecified atom stereocenters. The average Bonchev–Trinajstić information content (AvgIpc) is 3.01. The molecule has 10 heteroatoms. The summed E-state index contributed by atoms with van der Waals surface area (Å²) in [7, 11) is 0. The number of nitrogens with two attached hydrogens (primary N) is 1. The molecule has 178 valence electrons. The second-order valence-electron chi connectivity index (χ2n) is 6.87. The molecule has 1 heterocycles. The van der Waals surface area contributed by atoms with Crippen molar-refractivity contribution in [2.24, 2.45) is 5.73 Å². The lowest BCUT2D eigenvalue weighted by molar-refractivity contribution is -0.135. The molecule has 0 spiro atoms. The highest BCUT2D eigenvalue weighted by atomic mass is 16.5. The predicted octanol–water partition coefficient (Wildman–Crippen LogP) is 2.15. The number of carboxylic acids is 2. The number of aryl methyl sites for hydroxylation is 2. The molecule has 2 aromatic rings. The van der Waals surface area contributed by atoms with E-state index in [1.807, 2.05) is 37.5 Å². The van der Waals surface area contributed by atoms with E-state index in [2.05, 4.69) is 10.3 Å². The van der Waals surface area contributed by atoms with Crippen LogP contribution in [0.4, 0.5) is 0 Å². The summed E-state index contributed by atoms with van der Waals surface area (Å²) in [5, 5.41) is 17.8. The fraction of sp³-hybridized carbons (Fsp3) is 0.455. The van der Waals surface area contributed by atoms with Crippen molar-refractivity contribution >= 4 is 17.8 Å². The summed E-state index contributed by atoms with van der Waals surface area (Å²) in [5.74, 6) is -1.04. The van der Waals surface area contributed by atoms with Gasteiger partial charge in [0.05, 0.1) is 18.6 Å². The number of nitrogens with zero attached hydrogens (tertiary/aromatic N) is 2. The van der Waals surface area contributed by atoms with Gasteiger partial charge in [-0.25, -0.2) is 4.98 Å². The van der Waals surface area contributed by atoms with Crippen LogP contribution in [0.5, 0.6) is 5.75 Å². The molecule has 0 fully saturated rings. The minimum absolute atomic E-state index is 0.104. The van der Waals surface area contributed by atoms with Gasteiger partial charge in [0, 0.05) is 38.2 Å². The molecule has 0 atom stereocenters. The van der Waals surface area contributed by atoms with Crippen LogP contribution in [0.25, 0.3) is 0 Å².